The fourth-order valence-corrected chi connectivity index (χ4v) is 6.56. The van der Waals surface area contributed by atoms with Crippen LogP contribution in [0.1, 0.15) is 37.6 Å². The van der Waals surface area contributed by atoms with Gasteiger partial charge in [-0.15, -0.1) is 0 Å². The van der Waals surface area contributed by atoms with Crippen molar-refractivity contribution in [2.45, 2.75) is 50.9 Å². The normalized spacial score (nSPS) is 19.2. The number of amides is 1. The number of nitrogens with zero attached hydrogens (tertiary/aromatic N) is 6. The zero-order chi connectivity index (χ0) is 32.6. The third-order valence-electron chi connectivity index (χ3n) is 8.97. The maximum Gasteiger partial charge on any atom is 0.246 e. The number of aryl methyl sites for hydroxylation is 2. The topological polar surface area (TPSA) is 112 Å². The molecule has 0 aliphatic carbocycles. The first-order chi connectivity index (χ1) is 22.1. The Morgan fingerprint density at radius 2 is 2.04 bits per heavy atom. The molecule has 10 nitrogen and oxygen atoms in total. The number of rotatable bonds is 7. The van der Waals surface area contributed by atoms with Crippen molar-refractivity contribution in [3.05, 3.63) is 66.8 Å². The number of aromatic nitrogens is 4. The molecule has 2 aliphatic rings. The second-order valence-electron chi connectivity index (χ2n) is 11.9. The Bertz CT molecular complexity index is 1870. The van der Waals surface area contributed by atoms with Gasteiger partial charge in [0.25, 0.3) is 0 Å². The molecule has 0 radical (unpaired) electrons. The minimum absolute atomic E-state index is 0.0428. The minimum atomic E-state index is -1.67. The summed E-state index contributed by atoms with van der Waals surface area (Å²) in [4.78, 5) is 29.4. The number of hydrogen-bond donors (Lipinski definition) is 1. The van der Waals surface area contributed by atoms with Crippen LogP contribution in [0.4, 0.5) is 10.2 Å². The van der Waals surface area contributed by atoms with Crippen LogP contribution in [0.3, 0.4) is 0 Å². The number of piperidine rings is 1. The molecular weight excluding hydrogens is 585 g/mol. The number of carbonyl (C=O) groups excluding carboxylic acids is 1. The molecule has 11 heteroatoms. The van der Waals surface area contributed by atoms with Crippen LogP contribution in [0.5, 0.6) is 17.4 Å². The standard InChI is InChI=1S/C35H38FN7O3/c1-6-24-18-25(14-16-43(24)30(44)7-2)42-19-35(36,20-42)15-13-26-31(32-33(37)38-21-39-34(32)41(26)4)23-11-12-27(28(17-23)45-5)46-29-10-8-9-22(3)40-29/h7-12,17,21,24-25H,2,6,14,16,18-20H2,1,3-5H3,(H2,37,38,39)/t24-,25?/m1/s1. The highest BCUT2D eigenvalue weighted by molar-refractivity contribution is 6.03. The van der Waals surface area contributed by atoms with Crippen molar-refractivity contribution in [3.8, 4) is 40.3 Å². The Balaban J connectivity index is 1.29. The number of benzene rings is 1. The average Bonchev–Trinajstić information content (AvgIpc) is 3.34. The Morgan fingerprint density at radius 1 is 1.24 bits per heavy atom. The van der Waals surface area contributed by atoms with Gasteiger partial charge >= 0.3 is 0 Å². The SMILES string of the molecule is C=CC(=O)N1CCC(N2CC(F)(C#Cc3c(-c4ccc(Oc5cccc(C)n5)c(OC)c4)c4c(N)ncnc4n3C)C2)C[C@H]1CC. The van der Waals surface area contributed by atoms with Gasteiger partial charge in [0.05, 0.1) is 12.5 Å². The third kappa shape index (κ3) is 5.76. The minimum Gasteiger partial charge on any atom is -0.493 e. The molecule has 2 atom stereocenters. The molecule has 1 unspecified atom stereocenters. The Morgan fingerprint density at radius 3 is 2.76 bits per heavy atom. The van der Waals surface area contributed by atoms with Gasteiger partial charge in [0.2, 0.25) is 11.8 Å². The van der Waals surface area contributed by atoms with Crippen LogP contribution in [0.2, 0.25) is 0 Å². The summed E-state index contributed by atoms with van der Waals surface area (Å²) in [6, 6.07) is 11.4. The molecule has 0 bridgehead atoms. The van der Waals surface area contributed by atoms with Crippen molar-refractivity contribution < 1.29 is 18.7 Å². The smallest absolute Gasteiger partial charge is 0.246 e. The molecule has 5 heterocycles. The lowest BCUT2D eigenvalue weighted by atomic mass is 9.87. The zero-order valence-electron chi connectivity index (χ0n) is 26.6. The number of pyridine rings is 1. The van der Waals surface area contributed by atoms with Crippen molar-refractivity contribution in [2.24, 2.45) is 7.05 Å². The quantitative estimate of drug-likeness (QED) is 0.225. The van der Waals surface area contributed by atoms with Gasteiger partial charge in [0.15, 0.2) is 17.2 Å². The summed E-state index contributed by atoms with van der Waals surface area (Å²) in [6.07, 6.45) is 5.24. The van der Waals surface area contributed by atoms with Gasteiger partial charge in [0.1, 0.15) is 23.5 Å². The molecule has 2 saturated heterocycles. The number of halogens is 1. The molecule has 46 heavy (non-hydrogen) atoms. The summed E-state index contributed by atoms with van der Waals surface area (Å²) in [5, 5.41) is 0.625. The number of nitrogen functional groups attached to an aromatic ring is 1. The lowest BCUT2D eigenvalue weighted by Gasteiger charge is -2.50. The second kappa shape index (κ2) is 12.4. The monoisotopic (exact) mass is 623 g/mol. The first kappa shape index (κ1) is 31.0. The number of anilines is 1. The Labute approximate surface area is 268 Å². The lowest BCUT2D eigenvalue weighted by molar-refractivity contribution is -0.132. The Hall–Kier alpha value is -4.95. The van der Waals surface area contributed by atoms with Crippen molar-refractivity contribution in [1.82, 2.24) is 29.3 Å². The number of nitrogens with two attached hydrogens (primary N) is 1. The second-order valence-corrected chi connectivity index (χ2v) is 11.9. The van der Waals surface area contributed by atoms with E-state index in [-0.39, 0.29) is 31.1 Å². The first-order valence-electron chi connectivity index (χ1n) is 15.4. The zero-order valence-corrected chi connectivity index (χ0v) is 26.6. The predicted molar refractivity (Wildman–Crippen MR) is 175 cm³/mol. The number of fused-ring (bicyclic) bond motifs is 1. The molecule has 6 rings (SSSR count). The summed E-state index contributed by atoms with van der Waals surface area (Å²) in [5.74, 6) is 7.77. The number of alkyl halides is 1. The molecule has 2 aliphatic heterocycles. The molecule has 0 spiro atoms. The highest BCUT2D eigenvalue weighted by atomic mass is 19.1. The molecule has 1 amide bonds. The van der Waals surface area contributed by atoms with E-state index in [4.69, 9.17) is 15.2 Å². The molecular formula is C35H38FN7O3. The molecule has 3 aromatic heterocycles. The van der Waals surface area contributed by atoms with E-state index in [0.717, 1.165) is 30.5 Å². The van der Waals surface area contributed by atoms with E-state index >= 15 is 4.39 Å². The van der Waals surface area contributed by atoms with Gasteiger partial charge in [-0.1, -0.05) is 31.6 Å². The van der Waals surface area contributed by atoms with E-state index in [2.05, 4.69) is 45.2 Å². The van der Waals surface area contributed by atoms with Crippen molar-refractivity contribution >= 4 is 22.8 Å². The summed E-state index contributed by atoms with van der Waals surface area (Å²) >= 11 is 0. The molecule has 0 saturated carbocycles. The van der Waals surface area contributed by atoms with Crippen LogP contribution in [0, 0.1) is 18.8 Å². The van der Waals surface area contributed by atoms with Crippen molar-refractivity contribution in [3.63, 3.8) is 0 Å². The summed E-state index contributed by atoms with van der Waals surface area (Å²) in [5.41, 5.74) is 8.13. The van der Waals surface area contributed by atoms with E-state index in [1.807, 2.05) is 47.7 Å². The number of hydrogen-bond acceptors (Lipinski definition) is 8. The van der Waals surface area contributed by atoms with E-state index < -0.39 is 5.67 Å². The van der Waals surface area contributed by atoms with Crippen LogP contribution in [-0.2, 0) is 11.8 Å². The molecule has 2 fully saturated rings. The van der Waals surface area contributed by atoms with Crippen molar-refractivity contribution in [1.29, 1.82) is 0 Å². The van der Waals surface area contributed by atoms with E-state index in [9.17, 15) is 4.79 Å². The predicted octanol–water partition coefficient (Wildman–Crippen LogP) is 5.05. The summed E-state index contributed by atoms with van der Waals surface area (Å²) in [7, 11) is 3.40. The fourth-order valence-electron chi connectivity index (χ4n) is 6.56. The maximum absolute atomic E-state index is 16.0. The van der Waals surface area contributed by atoms with E-state index in [1.54, 1.807) is 19.2 Å². The molecule has 238 valence electrons. The van der Waals surface area contributed by atoms with Gasteiger partial charge in [-0.05, 0) is 61.9 Å². The fraction of sp³-hybridized carbons (Fsp3) is 0.371. The highest BCUT2D eigenvalue weighted by Crippen LogP contribution is 2.41. The molecule has 4 aromatic rings. The van der Waals surface area contributed by atoms with Crippen LogP contribution in [0.15, 0.2) is 55.4 Å². The number of ether oxygens (including phenoxy) is 2. The number of likely N-dealkylation sites (tertiary alicyclic amines) is 2. The molecule has 1 aromatic carbocycles. The summed E-state index contributed by atoms with van der Waals surface area (Å²) in [6.45, 7) is 8.68. The van der Waals surface area contributed by atoms with Gasteiger partial charge in [-0.2, -0.15) is 0 Å². The van der Waals surface area contributed by atoms with E-state index in [1.165, 1.54) is 12.4 Å². The van der Waals surface area contributed by atoms with Gasteiger partial charge in [-0.3, -0.25) is 9.69 Å². The van der Waals surface area contributed by atoms with E-state index in [0.29, 0.717) is 52.0 Å². The van der Waals surface area contributed by atoms with Gasteiger partial charge in [-0.25, -0.2) is 19.3 Å². The summed E-state index contributed by atoms with van der Waals surface area (Å²) < 4.78 is 29.6. The lowest BCUT2D eigenvalue weighted by Crippen LogP contribution is -2.64. The van der Waals surface area contributed by atoms with Crippen LogP contribution < -0.4 is 15.2 Å². The van der Waals surface area contributed by atoms with Crippen LogP contribution >= 0.6 is 0 Å². The van der Waals surface area contributed by atoms with Gasteiger partial charge in [0, 0.05) is 56.1 Å². The highest BCUT2D eigenvalue weighted by Gasteiger charge is 2.47. The number of carbonyl (C=O) groups is 1. The maximum atomic E-state index is 16.0. The largest absolute Gasteiger partial charge is 0.493 e. The van der Waals surface area contributed by atoms with Crippen LogP contribution in [0.25, 0.3) is 22.2 Å². The van der Waals surface area contributed by atoms with Crippen LogP contribution in [-0.4, -0.2) is 79.7 Å². The molecule has 2 N–H and O–H groups in total. The average molecular weight is 624 g/mol. The third-order valence-corrected chi connectivity index (χ3v) is 8.97. The Kier molecular flexibility index (Phi) is 8.40. The van der Waals surface area contributed by atoms with Gasteiger partial charge < -0.3 is 24.7 Å². The first-order valence-corrected chi connectivity index (χ1v) is 15.4. The number of methoxy groups -OCH3 is 1. The van der Waals surface area contributed by atoms with Crippen molar-refractivity contribution in [2.75, 3.05) is 32.5 Å².